The summed E-state index contributed by atoms with van der Waals surface area (Å²) in [5, 5.41) is 5.35. The summed E-state index contributed by atoms with van der Waals surface area (Å²) in [5.41, 5.74) is 4.26. The predicted octanol–water partition coefficient (Wildman–Crippen LogP) is 4.76. The van der Waals surface area contributed by atoms with E-state index in [1.165, 1.54) is 11.8 Å². The van der Waals surface area contributed by atoms with Crippen LogP contribution in [0, 0.1) is 5.41 Å². The average molecular weight is 347 g/mol. The van der Waals surface area contributed by atoms with E-state index in [2.05, 4.69) is 10.5 Å². The number of rotatable bonds is 5. The maximum absolute atomic E-state index is 11.7. The molecule has 1 rings (SSSR count). The van der Waals surface area contributed by atoms with Gasteiger partial charge in [-0.1, -0.05) is 50.0 Å². The number of carbonyl (C=O) groups is 1. The Balaban J connectivity index is 2.45. The second kappa shape index (κ2) is 8.06. The first kappa shape index (κ1) is 18.3. The summed E-state index contributed by atoms with van der Waals surface area (Å²) in [6, 6.07) is 5.39. The molecular weight excluding hydrogens is 327 g/mol. The molecule has 0 heterocycles. The highest BCUT2D eigenvalue weighted by Gasteiger charge is 2.14. The van der Waals surface area contributed by atoms with Gasteiger partial charge in [-0.05, 0) is 24.6 Å². The molecule has 0 saturated heterocycles. The van der Waals surface area contributed by atoms with Crippen LogP contribution < -0.4 is 5.43 Å². The van der Waals surface area contributed by atoms with Crippen molar-refractivity contribution in [3.63, 3.8) is 0 Å². The standard InChI is InChI=1S/C15H20Cl2N2OS/c1-10(15(2,3)4)18-19-14(20)9-21-8-11-12(16)6-5-7-13(11)17/h5-7H,8-9H2,1-4H3,(H,19,20)/b18-10-. The molecule has 21 heavy (non-hydrogen) atoms. The molecule has 0 bridgehead atoms. The summed E-state index contributed by atoms with van der Waals surface area (Å²) in [4.78, 5) is 11.7. The number of hydrogen-bond acceptors (Lipinski definition) is 3. The quantitative estimate of drug-likeness (QED) is 0.616. The zero-order chi connectivity index (χ0) is 16.0. The number of halogens is 2. The predicted molar refractivity (Wildman–Crippen MR) is 93.3 cm³/mol. The summed E-state index contributed by atoms with van der Waals surface area (Å²) in [7, 11) is 0. The van der Waals surface area contributed by atoms with Crippen LogP contribution in [0.4, 0.5) is 0 Å². The highest BCUT2D eigenvalue weighted by Crippen LogP contribution is 2.28. The van der Waals surface area contributed by atoms with Gasteiger partial charge in [-0.2, -0.15) is 5.10 Å². The molecule has 0 saturated carbocycles. The summed E-state index contributed by atoms with van der Waals surface area (Å²) in [6.45, 7) is 8.04. The Morgan fingerprint density at radius 1 is 1.29 bits per heavy atom. The largest absolute Gasteiger partial charge is 0.272 e. The van der Waals surface area contributed by atoms with Crippen molar-refractivity contribution >= 4 is 46.6 Å². The smallest absolute Gasteiger partial charge is 0.250 e. The molecule has 1 aromatic rings. The third-order valence-electron chi connectivity index (χ3n) is 2.97. The molecule has 1 aromatic carbocycles. The molecule has 0 fully saturated rings. The normalized spacial score (nSPS) is 12.4. The van der Waals surface area contributed by atoms with Crippen molar-refractivity contribution in [2.24, 2.45) is 10.5 Å². The van der Waals surface area contributed by atoms with Crippen molar-refractivity contribution in [3.8, 4) is 0 Å². The van der Waals surface area contributed by atoms with Crippen molar-refractivity contribution in [2.45, 2.75) is 33.4 Å². The first-order valence-electron chi connectivity index (χ1n) is 6.56. The van der Waals surface area contributed by atoms with Crippen molar-refractivity contribution < 1.29 is 4.79 Å². The van der Waals surface area contributed by atoms with Gasteiger partial charge in [0.15, 0.2) is 0 Å². The Bertz CT molecular complexity index is 519. The minimum atomic E-state index is -0.133. The van der Waals surface area contributed by atoms with Gasteiger partial charge in [-0.25, -0.2) is 5.43 Å². The van der Waals surface area contributed by atoms with E-state index < -0.39 is 0 Å². The lowest BCUT2D eigenvalue weighted by molar-refractivity contribution is -0.118. The molecule has 0 aliphatic heterocycles. The molecule has 0 radical (unpaired) electrons. The Morgan fingerprint density at radius 2 is 1.86 bits per heavy atom. The summed E-state index contributed by atoms with van der Waals surface area (Å²) < 4.78 is 0. The van der Waals surface area contributed by atoms with Gasteiger partial charge in [-0.15, -0.1) is 11.8 Å². The summed E-state index contributed by atoms with van der Waals surface area (Å²) in [5.74, 6) is 0.767. The molecule has 6 heteroatoms. The van der Waals surface area contributed by atoms with Crippen LogP contribution in [0.2, 0.25) is 10.0 Å². The van der Waals surface area contributed by atoms with E-state index in [-0.39, 0.29) is 11.3 Å². The maximum atomic E-state index is 11.7. The summed E-state index contributed by atoms with van der Waals surface area (Å²) >= 11 is 13.6. The average Bonchev–Trinajstić information content (AvgIpc) is 2.38. The molecule has 0 atom stereocenters. The third-order valence-corrected chi connectivity index (χ3v) is 4.64. The second-order valence-electron chi connectivity index (χ2n) is 5.68. The van der Waals surface area contributed by atoms with E-state index in [1.807, 2.05) is 27.7 Å². The van der Waals surface area contributed by atoms with Crippen molar-refractivity contribution in [1.29, 1.82) is 0 Å². The fraction of sp³-hybridized carbons (Fsp3) is 0.467. The number of amides is 1. The van der Waals surface area contributed by atoms with E-state index in [0.717, 1.165) is 11.3 Å². The van der Waals surface area contributed by atoms with Crippen LogP contribution in [0.5, 0.6) is 0 Å². The van der Waals surface area contributed by atoms with E-state index >= 15 is 0 Å². The van der Waals surface area contributed by atoms with E-state index in [4.69, 9.17) is 23.2 Å². The van der Waals surface area contributed by atoms with Gasteiger partial charge in [0.05, 0.1) is 5.75 Å². The number of benzene rings is 1. The van der Waals surface area contributed by atoms with Crippen molar-refractivity contribution in [1.82, 2.24) is 5.43 Å². The lowest BCUT2D eigenvalue weighted by Gasteiger charge is -2.17. The second-order valence-corrected chi connectivity index (χ2v) is 7.48. The van der Waals surface area contributed by atoms with Gasteiger partial charge in [0.25, 0.3) is 0 Å². The Hall–Kier alpha value is -0.710. The molecule has 0 spiro atoms. The zero-order valence-electron chi connectivity index (χ0n) is 12.7. The number of nitrogens with zero attached hydrogens (tertiary/aromatic N) is 1. The molecule has 116 valence electrons. The van der Waals surface area contributed by atoms with Crippen LogP contribution in [0.3, 0.4) is 0 Å². The van der Waals surface area contributed by atoms with Gasteiger partial charge in [0, 0.05) is 26.9 Å². The topological polar surface area (TPSA) is 41.5 Å². The number of carbonyl (C=O) groups excluding carboxylic acids is 1. The monoisotopic (exact) mass is 346 g/mol. The molecular formula is C15H20Cl2N2OS. The van der Waals surface area contributed by atoms with Crippen LogP contribution in [-0.4, -0.2) is 17.4 Å². The Kier molecular flexibility index (Phi) is 7.04. The fourth-order valence-electron chi connectivity index (χ4n) is 1.26. The molecule has 0 aromatic heterocycles. The minimum Gasteiger partial charge on any atom is -0.272 e. The Morgan fingerprint density at radius 3 is 2.38 bits per heavy atom. The number of hydrogen-bond donors (Lipinski definition) is 1. The van der Waals surface area contributed by atoms with Crippen LogP contribution in [0.15, 0.2) is 23.3 Å². The number of thioether (sulfide) groups is 1. The SMILES string of the molecule is C/C(=N/NC(=O)CSCc1c(Cl)cccc1Cl)C(C)(C)C. The molecule has 0 aliphatic carbocycles. The van der Waals surface area contributed by atoms with Gasteiger partial charge in [-0.3, -0.25) is 4.79 Å². The highest BCUT2D eigenvalue weighted by atomic mass is 35.5. The van der Waals surface area contributed by atoms with Gasteiger partial charge in [0.2, 0.25) is 5.91 Å². The molecule has 1 N–H and O–H groups in total. The maximum Gasteiger partial charge on any atom is 0.250 e. The highest BCUT2D eigenvalue weighted by molar-refractivity contribution is 7.99. The van der Waals surface area contributed by atoms with Crippen LogP contribution in [0.1, 0.15) is 33.3 Å². The minimum absolute atomic E-state index is 0.0501. The lowest BCUT2D eigenvalue weighted by atomic mass is 9.91. The van der Waals surface area contributed by atoms with Crippen molar-refractivity contribution in [3.05, 3.63) is 33.8 Å². The molecule has 0 unspecified atom stereocenters. The Labute approximate surface area is 140 Å². The number of hydrazone groups is 1. The van der Waals surface area contributed by atoms with Gasteiger partial charge >= 0.3 is 0 Å². The number of nitrogens with one attached hydrogen (secondary N) is 1. The van der Waals surface area contributed by atoms with E-state index in [0.29, 0.717) is 21.6 Å². The van der Waals surface area contributed by atoms with Crippen molar-refractivity contribution in [2.75, 3.05) is 5.75 Å². The summed E-state index contributed by atoms with van der Waals surface area (Å²) in [6.07, 6.45) is 0. The van der Waals surface area contributed by atoms with Crippen LogP contribution >= 0.6 is 35.0 Å². The third kappa shape index (κ3) is 6.29. The zero-order valence-corrected chi connectivity index (χ0v) is 15.0. The molecule has 1 amide bonds. The van der Waals surface area contributed by atoms with E-state index in [1.54, 1.807) is 18.2 Å². The van der Waals surface area contributed by atoms with Crippen LogP contribution in [0.25, 0.3) is 0 Å². The first-order chi connectivity index (χ1) is 9.71. The van der Waals surface area contributed by atoms with Gasteiger partial charge in [0.1, 0.15) is 0 Å². The fourth-order valence-corrected chi connectivity index (χ4v) is 2.82. The lowest BCUT2D eigenvalue weighted by Crippen LogP contribution is -2.25. The van der Waals surface area contributed by atoms with E-state index in [9.17, 15) is 4.79 Å². The van der Waals surface area contributed by atoms with Crippen LogP contribution in [-0.2, 0) is 10.5 Å². The molecule has 0 aliphatic rings. The first-order valence-corrected chi connectivity index (χ1v) is 8.47. The molecule has 3 nitrogen and oxygen atoms in total. The van der Waals surface area contributed by atoms with Gasteiger partial charge < -0.3 is 0 Å².